The molecule has 1 aliphatic heterocycles. The zero-order chi connectivity index (χ0) is 19.3. The first-order valence-electron chi connectivity index (χ1n) is 10.2. The zero-order valence-electron chi connectivity index (χ0n) is 16.0. The number of carbonyl (C=O) groups excluding carboxylic acids is 1. The van der Waals surface area contributed by atoms with E-state index in [0.717, 1.165) is 37.9 Å². The number of nitrogens with one attached hydrogen (secondary N) is 1. The molecule has 6 nitrogen and oxygen atoms in total. The normalized spacial score (nSPS) is 26.1. The Balaban J connectivity index is 1.16. The van der Waals surface area contributed by atoms with Crippen LogP contribution < -0.4 is 5.32 Å². The molecule has 28 heavy (non-hydrogen) atoms. The SMILES string of the molecule is C[C@@H](Nc1nnc(C2C[C@H]2c2ccc(F)cc2)o1)C(=O)N1CCC2(CC1)CC2. The monoisotopic (exact) mass is 384 g/mol. The highest BCUT2D eigenvalue weighted by atomic mass is 19.1. The number of nitrogens with zero attached hydrogens (tertiary/aromatic N) is 3. The van der Waals surface area contributed by atoms with Crippen molar-refractivity contribution in [1.82, 2.24) is 15.1 Å². The molecule has 3 atom stereocenters. The van der Waals surface area contributed by atoms with Crippen molar-refractivity contribution in [2.24, 2.45) is 5.41 Å². The van der Waals surface area contributed by atoms with Gasteiger partial charge in [-0.25, -0.2) is 4.39 Å². The lowest BCUT2D eigenvalue weighted by atomic mass is 9.93. The summed E-state index contributed by atoms with van der Waals surface area (Å²) in [6.45, 7) is 3.54. The van der Waals surface area contributed by atoms with Crippen LogP contribution in [0, 0.1) is 11.2 Å². The van der Waals surface area contributed by atoms with E-state index in [1.165, 1.54) is 25.0 Å². The molecule has 1 N–H and O–H groups in total. The second-order valence-electron chi connectivity index (χ2n) is 8.64. The standard InChI is InChI=1S/C21H25FN4O2/c1-13(19(27)26-10-8-21(6-7-21)9-11-26)23-20-25-24-18(28-20)17-12-16(17)14-2-4-15(22)5-3-14/h2-5,13,16-17H,6-12H2,1H3,(H,23,25)/t13-,16+,17?/m1/s1. The van der Waals surface area contributed by atoms with Crippen LogP contribution in [0.25, 0.3) is 0 Å². The van der Waals surface area contributed by atoms with Gasteiger partial charge in [0.25, 0.3) is 0 Å². The van der Waals surface area contributed by atoms with E-state index in [9.17, 15) is 9.18 Å². The molecule has 1 amide bonds. The number of aromatic nitrogens is 2. The molecule has 5 rings (SSSR count). The first-order valence-corrected chi connectivity index (χ1v) is 10.2. The average molecular weight is 384 g/mol. The van der Waals surface area contributed by atoms with Gasteiger partial charge in [-0.2, -0.15) is 0 Å². The number of anilines is 1. The van der Waals surface area contributed by atoms with Gasteiger partial charge in [0.15, 0.2) is 0 Å². The summed E-state index contributed by atoms with van der Waals surface area (Å²) in [5, 5.41) is 11.3. The second-order valence-corrected chi connectivity index (χ2v) is 8.64. The van der Waals surface area contributed by atoms with Crippen molar-refractivity contribution in [3.63, 3.8) is 0 Å². The van der Waals surface area contributed by atoms with E-state index in [2.05, 4.69) is 15.5 Å². The Bertz CT molecular complexity index is 867. The molecule has 148 valence electrons. The van der Waals surface area contributed by atoms with Crippen LogP contribution in [0.15, 0.2) is 28.7 Å². The van der Waals surface area contributed by atoms with Gasteiger partial charge in [0.1, 0.15) is 11.9 Å². The number of piperidine rings is 1. The van der Waals surface area contributed by atoms with Crippen LogP contribution in [-0.2, 0) is 4.79 Å². The van der Waals surface area contributed by atoms with Crippen LogP contribution in [0.3, 0.4) is 0 Å². The van der Waals surface area contributed by atoms with E-state index < -0.39 is 6.04 Å². The van der Waals surface area contributed by atoms with E-state index in [1.54, 1.807) is 12.1 Å². The summed E-state index contributed by atoms with van der Waals surface area (Å²) in [6.07, 6.45) is 5.82. The quantitative estimate of drug-likeness (QED) is 0.851. The number of hydrogen-bond donors (Lipinski definition) is 1. The number of likely N-dealkylation sites (tertiary alicyclic amines) is 1. The molecule has 1 spiro atoms. The lowest BCUT2D eigenvalue weighted by Crippen LogP contribution is -2.45. The number of hydrogen-bond acceptors (Lipinski definition) is 5. The third-order valence-corrected chi connectivity index (χ3v) is 6.65. The van der Waals surface area contributed by atoms with Crippen molar-refractivity contribution >= 4 is 11.9 Å². The number of amides is 1. The molecule has 1 aromatic carbocycles. The first-order chi connectivity index (χ1) is 13.5. The van der Waals surface area contributed by atoms with Crippen molar-refractivity contribution in [3.05, 3.63) is 41.5 Å². The predicted molar refractivity (Wildman–Crippen MR) is 101 cm³/mol. The number of benzene rings is 1. The third kappa shape index (κ3) is 3.38. The van der Waals surface area contributed by atoms with Gasteiger partial charge in [-0.1, -0.05) is 17.2 Å². The van der Waals surface area contributed by atoms with Crippen LogP contribution in [0.1, 0.15) is 62.3 Å². The summed E-state index contributed by atoms with van der Waals surface area (Å²) in [6, 6.07) is 6.46. The largest absolute Gasteiger partial charge is 0.408 e. The van der Waals surface area contributed by atoms with Gasteiger partial charge in [0.2, 0.25) is 11.8 Å². The van der Waals surface area contributed by atoms with E-state index in [-0.39, 0.29) is 29.6 Å². The minimum Gasteiger partial charge on any atom is -0.408 e. The summed E-state index contributed by atoms with van der Waals surface area (Å²) in [5.41, 5.74) is 1.64. The van der Waals surface area contributed by atoms with Crippen LogP contribution in [0.2, 0.25) is 0 Å². The van der Waals surface area contributed by atoms with Gasteiger partial charge in [0, 0.05) is 19.0 Å². The smallest absolute Gasteiger partial charge is 0.316 e. The summed E-state index contributed by atoms with van der Waals surface area (Å²) >= 11 is 0. The maximum Gasteiger partial charge on any atom is 0.316 e. The molecule has 1 aromatic heterocycles. The minimum absolute atomic E-state index is 0.0888. The van der Waals surface area contributed by atoms with Crippen molar-refractivity contribution < 1.29 is 13.6 Å². The summed E-state index contributed by atoms with van der Waals surface area (Å²) in [7, 11) is 0. The Hall–Kier alpha value is -2.44. The topological polar surface area (TPSA) is 71.3 Å². The third-order valence-electron chi connectivity index (χ3n) is 6.65. The molecule has 2 heterocycles. The highest BCUT2D eigenvalue weighted by Crippen LogP contribution is 2.54. The Morgan fingerprint density at radius 1 is 1.18 bits per heavy atom. The Morgan fingerprint density at radius 2 is 1.89 bits per heavy atom. The zero-order valence-corrected chi connectivity index (χ0v) is 16.0. The molecular weight excluding hydrogens is 359 g/mol. The Labute approximate surface area is 163 Å². The van der Waals surface area contributed by atoms with Gasteiger partial charge >= 0.3 is 6.01 Å². The molecule has 2 aliphatic carbocycles. The Morgan fingerprint density at radius 3 is 2.57 bits per heavy atom. The van der Waals surface area contributed by atoms with E-state index >= 15 is 0 Å². The molecule has 1 unspecified atom stereocenters. The molecule has 7 heteroatoms. The van der Waals surface area contributed by atoms with Crippen LogP contribution >= 0.6 is 0 Å². The van der Waals surface area contributed by atoms with Gasteiger partial charge < -0.3 is 14.6 Å². The number of rotatable bonds is 5. The maximum atomic E-state index is 13.1. The van der Waals surface area contributed by atoms with Gasteiger partial charge in [-0.05, 0) is 68.1 Å². The van der Waals surface area contributed by atoms with Crippen LogP contribution in [0.5, 0.6) is 0 Å². The second kappa shape index (κ2) is 6.57. The molecule has 3 aliphatic rings. The van der Waals surface area contributed by atoms with Crippen molar-refractivity contribution in [2.75, 3.05) is 18.4 Å². The first kappa shape index (κ1) is 17.6. The van der Waals surface area contributed by atoms with Gasteiger partial charge in [-0.15, -0.1) is 5.10 Å². The molecule has 3 fully saturated rings. The molecule has 2 aromatic rings. The van der Waals surface area contributed by atoms with Crippen molar-refractivity contribution in [2.45, 2.75) is 56.9 Å². The fourth-order valence-electron chi connectivity index (χ4n) is 4.39. The molecule has 0 bridgehead atoms. The minimum atomic E-state index is -0.395. The summed E-state index contributed by atoms with van der Waals surface area (Å²) in [4.78, 5) is 14.6. The highest BCUT2D eigenvalue weighted by molar-refractivity contribution is 5.83. The number of carbonyl (C=O) groups is 1. The Kier molecular flexibility index (Phi) is 4.14. The average Bonchev–Trinajstić information content (AvgIpc) is 3.61. The van der Waals surface area contributed by atoms with E-state index in [4.69, 9.17) is 4.42 Å². The summed E-state index contributed by atoms with van der Waals surface area (Å²) in [5.74, 6) is 0.883. The lowest BCUT2D eigenvalue weighted by Gasteiger charge is -2.33. The van der Waals surface area contributed by atoms with Gasteiger partial charge in [0.05, 0.1) is 0 Å². The van der Waals surface area contributed by atoms with Crippen molar-refractivity contribution in [1.29, 1.82) is 0 Å². The fourth-order valence-corrected chi connectivity index (χ4v) is 4.39. The molecular formula is C21H25FN4O2. The molecule has 0 radical (unpaired) electrons. The van der Waals surface area contributed by atoms with Crippen LogP contribution in [-0.4, -0.2) is 40.1 Å². The lowest BCUT2D eigenvalue weighted by molar-refractivity contribution is -0.133. The highest BCUT2D eigenvalue weighted by Gasteiger charge is 2.46. The fraction of sp³-hybridized carbons (Fsp3) is 0.571. The van der Waals surface area contributed by atoms with E-state index in [1.807, 2.05) is 11.8 Å². The van der Waals surface area contributed by atoms with Gasteiger partial charge in [-0.3, -0.25) is 4.79 Å². The van der Waals surface area contributed by atoms with Crippen LogP contribution in [0.4, 0.5) is 10.4 Å². The maximum absolute atomic E-state index is 13.1. The molecule has 1 saturated heterocycles. The van der Waals surface area contributed by atoms with E-state index in [0.29, 0.717) is 11.3 Å². The van der Waals surface area contributed by atoms with Crippen molar-refractivity contribution in [3.8, 4) is 0 Å². The number of halogens is 1. The predicted octanol–water partition coefficient (Wildman–Crippen LogP) is 3.68. The summed E-state index contributed by atoms with van der Waals surface area (Å²) < 4.78 is 18.8. The molecule has 2 saturated carbocycles.